The molecule has 0 N–H and O–H groups in total. The van der Waals surface area contributed by atoms with Crippen LogP contribution in [0.2, 0.25) is 0 Å². The molecule has 1 aromatic heterocycles. The molecule has 0 saturated heterocycles. The van der Waals surface area contributed by atoms with E-state index in [-0.39, 0.29) is 0 Å². The van der Waals surface area contributed by atoms with Gasteiger partial charge >= 0.3 is 0 Å². The molecule has 7 rings (SSSR count). The lowest BCUT2D eigenvalue weighted by Gasteiger charge is -2.28. The van der Waals surface area contributed by atoms with Gasteiger partial charge in [0, 0.05) is 26.0 Å². The van der Waals surface area contributed by atoms with Crippen molar-refractivity contribution in [3.05, 3.63) is 87.6 Å². The van der Waals surface area contributed by atoms with Crippen molar-refractivity contribution in [2.45, 2.75) is 88.9 Å². The molecule has 38 heavy (non-hydrogen) atoms. The third kappa shape index (κ3) is 4.62. The predicted molar refractivity (Wildman–Crippen MR) is 166 cm³/mol. The molecule has 1 heterocycles. The maximum absolute atomic E-state index is 2.52. The second-order valence-electron chi connectivity index (χ2n) is 11.7. The van der Waals surface area contributed by atoms with Crippen LogP contribution in [0, 0.1) is 0 Å². The van der Waals surface area contributed by atoms with E-state index >= 15 is 0 Å². The van der Waals surface area contributed by atoms with Crippen molar-refractivity contribution in [1.29, 1.82) is 0 Å². The van der Waals surface area contributed by atoms with Crippen LogP contribution in [0.3, 0.4) is 0 Å². The highest BCUT2D eigenvalue weighted by atomic mass is 32.1. The normalized spacial score (nSPS) is 18.5. The Labute approximate surface area is 231 Å². The molecule has 4 aromatic rings. The molecule has 0 unspecified atom stereocenters. The van der Waals surface area contributed by atoms with E-state index in [4.69, 9.17) is 0 Å². The summed E-state index contributed by atoms with van der Waals surface area (Å²) in [5, 5.41) is 2.85. The zero-order valence-corrected chi connectivity index (χ0v) is 23.3. The molecule has 3 aliphatic rings. The van der Waals surface area contributed by atoms with Gasteiger partial charge < -0.3 is 4.90 Å². The number of anilines is 3. The van der Waals surface area contributed by atoms with Crippen LogP contribution in [0.5, 0.6) is 0 Å². The van der Waals surface area contributed by atoms with Gasteiger partial charge in [-0.15, -0.1) is 11.3 Å². The Bertz CT molecular complexity index is 1450. The van der Waals surface area contributed by atoms with Crippen LogP contribution in [0.4, 0.5) is 17.1 Å². The van der Waals surface area contributed by atoms with Crippen molar-refractivity contribution >= 4 is 50.6 Å². The van der Waals surface area contributed by atoms with E-state index in [2.05, 4.69) is 83.8 Å². The van der Waals surface area contributed by atoms with E-state index in [0.29, 0.717) is 0 Å². The SMILES string of the molecule is C1=c2sc3cccc(N(c4ccc(C5CCCCC5)cc4)c4ccc(C5CCCCC5)cc4)c3c2=CCC1. The highest BCUT2D eigenvalue weighted by molar-refractivity contribution is 7.17. The fraction of sp³-hybridized carbons (Fsp3) is 0.389. The van der Waals surface area contributed by atoms with Crippen LogP contribution in [-0.2, 0) is 0 Å². The van der Waals surface area contributed by atoms with Gasteiger partial charge in [-0.1, -0.05) is 81.0 Å². The number of fused-ring (bicyclic) bond motifs is 3. The third-order valence-electron chi connectivity index (χ3n) is 9.30. The van der Waals surface area contributed by atoms with E-state index < -0.39 is 0 Å². The van der Waals surface area contributed by atoms with E-state index in [1.807, 2.05) is 11.3 Å². The minimum atomic E-state index is 0.735. The first-order chi connectivity index (χ1) is 18.8. The first kappa shape index (κ1) is 24.2. The van der Waals surface area contributed by atoms with Crippen LogP contribution in [-0.4, -0.2) is 0 Å². The first-order valence-corrected chi connectivity index (χ1v) is 15.9. The average Bonchev–Trinajstić information content (AvgIpc) is 3.38. The Morgan fingerprint density at radius 3 is 1.71 bits per heavy atom. The maximum atomic E-state index is 2.52. The summed E-state index contributed by atoms with van der Waals surface area (Å²) in [6.07, 6.45) is 20.9. The molecule has 2 fully saturated rings. The summed E-state index contributed by atoms with van der Waals surface area (Å²) < 4.78 is 2.84. The Morgan fingerprint density at radius 2 is 1.13 bits per heavy atom. The standard InChI is InChI=1S/C36H39NS/c1-3-10-26(11-4-1)28-18-22-30(23-19-28)37(31-24-20-29(21-25-31)27-12-5-2-6-13-27)33-15-9-17-35-36(33)32-14-7-8-16-34(32)38-35/h9,14-27H,1-8,10-13H2. The highest BCUT2D eigenvalue weighted by Gasteiger charge is 2.21. The van der Waals surface area contributed by atoms with Crippen molar-refractivity contribution in [1.82, 2.24) is 0 Å². The summed E-state index contributed by atoms with van der Waals surface area (Å²) >= 11 is 1.95. The zero-order valence-electron chi connectivity index (χ0n) is 22.5. The summed E-state index contributed by atoms with van der Waals surface area (Å²) in [4.78, 5) is 2.52. The number of hydrogen-bond donors (Lipinski definition) is 0. The molecule has 0 aliphatic heterocycles. The van der Waals surface area contributed by atoms with Gasteiger partial charge in [0.15, 0.2) is 0 Å². The minimum absolute atomic E-state index is 0.735. The van der Waals surface area contributed by atoms with E-state index in [1.54, 1.807) is 0 Å². The first-order valence-electron chi connectivity index (χ1n) is 15.1. The molecule has 0 bridgehead atoms. The highest BCUT2D eigenvalue weighted by Crippen LogP contribution is 2.41. The lowest BCUT2D eigenvalue weighted by atomic mass is 9.84. The average molecular weight is 518 g/mol. The molecule has 3 aliphatic carbocycles. The topological polar surface area (TPSA) is 3.24 Å². The smallest absolute Gasteiger partial charge is 0.0554 e. The van der Waals surface area contributed by atoms with Crippen molar-refractivity contribution in [3.8, 4) is 0 Å². The number of hydrogen-bond acceptors (Lipinski definition) is 2. The lowest BCUT2D eigenvalue weighted by molar-refractivity contribution is 0.443. The molecular formula is C36H39NS. The van der Waals surface area contributed by atoms with E-state index in [1.165, 1.54) is 112 Å². The molecule has 0 radical (unpaired) electrons. The molecule has 0 spiro atoms. The largest absolute Gasteiger partial charge is 0.310 e. The summed E-state index contributed by atoms with van der Waals surface area (Å²) in [5.41, 5.74) is 6.89. The number of benzene rings is 3. The molecule has 0 atom stereocenters. The molecule has 194 valence electrons. The van der Waals surface area contributed by atoms with Gasteiger partial charge in [0.25, 0.3) is 0 Å². The van der Waals surface area contributed by atoms with Gasteiger partial charge in [-0.2, -0.15) is 0 Å². The van der Waals surface area contributed by atoms with Crippen molar-refractivity contribution in [2.75, 3.05) is 4.90 Å². The molecular weight excluding hydrogens is 478 g/mol. The Balaban J connectivity index is 1.34. The third-order valence-corrected chi connectivity index (χ3v) is 10.5. The van der Waals surface area contributed by atoms with Crippen molar-refractivity contribution in [2.24, 2.45) is 0 Å². The second-order valence-corrected chi connectivity index (χ2v) is 12.8. The van der Waals surface area contributed by atoms with Crippen LogP contribution in [0.1, 0.15) is 100 Å². The molecule has 1 nitrogen and oxygen atoms in total. The predicted octanol–water partition coefficient (Wildman–Crippen LogP) is 9.82. The molecule has 2 saturated carbocycles. The van der Waals surface area contributed by atoms with Gasteiger partial charge in [0.1, 0.15) is 0 Å². The van der Waals surface area contributed by atoms with Gasteiger partial charge in [0.05, 0.1) is 5.69 Å². The molecule has 3 aromatic carbocycles. The van der Waals surface area contributed by atoms with E-state index in [9.17, 15) is 0 Å². The Morgan fingerprint density at radius 1 is 0.579 bits per heavy atom. The van der Waals surface area contributed by atoms with E-state index in [0.717, 1.165) is 24.7 Å². The van der Waals surface area contributed by atoms with Gasteiger partial charge in [-0.25, -0.2) is 0 Å². The summed E-state index contributed by atoms with van der Waals surface area (Å²) in [5.74, 6) is 1.47. The molecule has 2 heteroatoms. The van der Waals surface area contributed by atoms with Gasteiger partial charge in [-0.05, 0) is 103 Å². The fourth-order valence-corrected chi connectivity index (χ4v) is 8.44. The summed E-state index contributed by atoms with van der Waals surface area (Å²) in [6.45, 7) is 0. The number of rotatable bonds is 5. The lowest BCUT2D eigenvalue weighted by Crippen LogP contribution is -2.22. The van der Waals surface area contributed by atoms with Crippen LogP contribution >= 0.6 is 11.3 Å². The quantitative estimate of drug-likeness (QED) is 0.255. The second kappa shape index (κ2) is 10.7. The monoisotopic (exact) mass is 517 g/mol. The van der Waals surface area contributed by atoms with Crippen LogP contribution in [0.25, 0.3) is 22.2 Å². The minimum Gasteiger partial charge on any atom is -0.310 e. The van der Waals surface area contributed by atoms with Crippen LogP contribution < -0.4 is 14.7 Å². The number of nitrogens with zero attached hydrogens (tertiary/aromatic N) is 1. The maximum Gasteiger partial charge on any atom is 0.0554 e. The molecule has 0 amide bonds. The van der Waals surface area contributed by atoms with Crippen molar-refractivity contribution < 1.29 is 0 Å². The Hall–Kier alpha value is -2.84. The Kier molecular flexibility index (Phi) is 6.84. The van der Waals surface area contributed by atoms with Crippen LogP contribution in [0.15, 0.2) is 66.7 Å². The van der Waals surface area contributed by atoms with Crippen molar-refractivity contribution in [3.63, 3.8) is 0 Å². The summed E-state index contributed by atoms with van der Waals surface area (Å²) in [7, 11) is 0. The van der Waals surface area contributed by atoms with Gasteiger partial charge in [-0.3, -0.25) is 0 Å². The number of thiophene rings is 1. The van der Waals surface area contributed by atoms with Gasteiger partial charge in [0.2, 0.25) is 0 Å². The fourth-order valence-electron chi connectivity index (χ4n) is 7.24. The summed E-state index contributed by atoms with van der Waals surface area (Å²) in [6, 6.07) is 26.1. The zero-order chi connectivity index (χ0) is 25.3.